The van der Waals surface area contributed by atoms with Crippen molar-refractivity contribution < 1.29 is 14.6 Å². The van der Waals surface area contributed by atoms with Gasteiger partial charge in [0.15, 0.2) is 10.9 Å². The molecule has 4 nitrogen and oxygen atoms in total. The summed E-state index contributed by atoms with van der Waals surface area (Å²) in [6, 6.07) is 27.4. The van der Waals surface area contributed by atoms with Crippen LogP contribution in [-0.2, 0) is 17.6 Å². The number of rotatable bonds is 10. The van der Waals surface area contributed by atoms with Crippen molar-refractivity contribution in [3.05, 3.63) is 100 Å². The van der Waals surface area contributed by atoms with E-state index in [2.05, 4.69) is 66.7 Å². The van der Waals surface area contributed by atoms with Crippen molar-refractivity contribution in [3.63, 3.8) is 0 Å². The van der Waals surface area contributed by atoms with Gasteiger partial charge in [-0.2, -0.15) is 0 Å². The number of ether oxygens (including phenoxy) is 1. The molecule has 1 N–H and O–H groups in total. The maximum atomic E-state index is 10.9. The quantitative estimate of drug-likeness (QED) is 0.186. The molecular weight excluding hydrogens is 474 g/mol. The molecule has 0 spiro atoms. The second-order valence-corrected chi connectivity index (χ2v) is 11.0. The highest BCUT2D eigenvalue weighted by Gasteiger charge is 2.24. The highest BCUT2D eigenvalue weighted by molar-refractivity contribution is 8.01. The van der Waals surface area contributed by atoms with Gasteiger partial charge in [0, 0.05) is 27.7 Å². The van der Waals surface area contributed by atoms with Crippen LogP contribution in [0.25, 0.3) is 11.3 Å². The van der Waals surface area contributed by atoms with E-state index in [0.717, 1.165) is 52.6 Å². The molecule has 0 fully saturated rings. The third-order valence-corrected chi connectivity index (χ3v) is 8.63. The topological polar surface area (TPSA) is 59.4 Å². The van der Waals surface area contributed by atoms with Crippen LogP contribution in [0.1, 0.15) is 40.3 Å². The van der Waals surface area contributed by atoms with Gasteiger partial charge in [0.05, 0.1) is 5.69 Å². The van der Waals surface area contributed by atoms with Gasteiger partial charge in [0.2, 0.25) is 0 Å². The molecule has 0 amide bonds. The van der Waals surface area contributed by atoms with Gasteiger partial charge in [-0.25, -0.2) is 9.78 Å². The van der Waals surface area contributed by atoms with Crippen molar-refractivity contribution in [2.75, 3.05) is 12.4 Å². The second kappa shape index (κ2) is 11.1. The molecule has 0 bridgehead atoms. The lowest BCUT2D eigenvalue weighted by molar-refractivity contribution is -0.139. The number of benzene rings is 3. The summed E-state index contributed by atoms with van der Waals surface area (Å²) in [6.07, 6.45) is 3.96. The summed E-state index contributed by atoms with van der Waals surface area (Å²) in [5, 5.41) is 8.97. The van der Waals surface area contributed by atoms with Crippen LogP contribution in [0.5, 0.6) is 5.75 Å². The molecule has 178 valence electrons. The number of nitrogens with zero attached hydrogens (tertiary/aromatic N) is 1. The number of thioether (sulfide) groups is 1. The molecule has 0 radical (unpaired) electrons. The predicted octanol–water partition coefficient (Wildman–Crippen LogP) is 7.08. The third kappa shape index (κ3) is 5.60. The monoisotopic (exact) mass is 501 g/mol. The fourth-order valence-corrected chi connectivity index (χ4v) is 6.91. The Balaban J connectivity index is 1.25. The Bertz CT molecular complexity index is 1250. The van der Waals surface area contributed by atoms with E-state index in [1.165, 1.54) is 16.0 Å². The molecule has 0 unspecified atom stereocenters. The minimum absolute atomic E-state index is 0.325. The highest BCUT2D eigenvalue weighted by Crippen LogP contribution is 2.42. The molecule has 1 aliphatic carbocycles. The highest BCUT2D eigenvalue weighted by atomic mass is 32.2. The minimum atomic E-state index is -0.965. The Morgan fingerprint density at radius 3 is 2.37 bits per heavy atom. The summed E-state index contributed by atoms with van der Waals surface area (Å²) in [4.78, 5) is 17.2. The number of thiazole rings is 1. The van der Waals surface area contributed by atoms with Crippen molar-refractivity contribution in [3.8, 4) is 17.0 Å². The van der Waals surface area contributed by atoms with Crippen LogP contribution < -0.4 is 4.74 Å². The van der Waals surface area contributed by atoms with E-state index in [1.807, 2.05) is 23.9 Å². The first-order valence-electron chi connectivity index (χ1n) is 11.9. The minimum Gasteiger partial charge on any atom is -0.482 e. The number of aryl methyl sites for hydroxylation is 1. The number of aliphatic carboxylic acids is 1. The third-order valence-electron chi connectivity index (χ3n) is 6.29. The van der Waals surface area contributed by atoms with Crippen LogP contribution in [-0.4, -0.2) is 28.4 Å². The Morgan fingerprint density at radius 1 is 0.971 bits per heavy atom. The second-order valence-electron chi connectivity index (χ2n) is 8.58. The van der Waals surface area contributed by atoms with Gasteiger partial charge < -0.3 is 9.84 Å². The molecular formula is C29H27NO3S2. The van der Waals surface area contributed by atoms with Gasteiger partial charge in [-0.3, -0.25) is 0 Å². The maximum absolute atomic E-state index is 10.9. The Hall–Kier alpha value is -3.09. The number of aromatic nitrogens is 1. The summed E-state index contributed by atoms with van der Waals surface area (Å²) in [5.41, 5.74) is 5.91. The van der Waals surface area contributed by atoms with E-state index < -0.39 is 5.97 Å². The number of hydrogen-bond acceptors (Lipinski definition) is 5. The first-order valence-corrected chi connectivity index (χ1v) is 13.7. The van der Waals surface area contributed by atoms with Crippen molar-refractivity contribution in [1.82, 2.24) is 4.98 Å². The molecule has 0 saturated heterocycles. The number of hydrogen-bond donors (Lipinski definition) is 1. The zero-order valence-electron chi connectivity index (χ0n) is 19.4. The zero-order valence-corrected chi connectivity index (χ0v) is 21.0. The largest absolute Gasteiger partial charge is 0.482 e. The lowest BCUT2D eigenvalue weighted by Crippen LogP contribution is -2.12. The summed E-state index contributed by atoms with van der Waals surface area (Å²) >= 11 is 3.63. The van der Waals surface area contributed by atoms with Crippen LogP contribution in [0, 0.1) is 0 Å². The Labute approximate surface area is 214 Å². The van der Waals surface area contributed by atoms with Gasteiger partial charge in [-0.15, -0.1) is 11.3 Å². The van der Waals surface area contributed by atoms with E-state index in [1.54, 1.807) is 11.3 Å². The molecule has 1 aromatic heterocycles. The lowest BCUT2D eigenvalue weighted by atomic mass is 9.88. The van der Waals surface area contributed by atoms with Crippen LogP contribution in [0.15, 0.2) is 83.2 Å². The SMILES string of the molecule is O=C(O)COc1cccc2c1CCc1sc(SCCCC(c3ccccc3)c3ccccc3)nc1-2. The van der Waals surface area contributed by atoms with Gasteiger partial charge in [0.25, 0.3) is 0 Å². The molecule has 0 aliphatic heterocycles. The molecule has 0 atom stereocenters. The van der Waals surface area contributed by atoms with Crippen LogP contribution in [0.2, 0.25) is 0 Å². The van der Waals surface area contributed by atoms with E-state index in [0.29, 0.717) is 11.7 Å². The van der Waals surface area contributed by atoms with E-state index in [-0.39, 0.29) is 6.61 Å². The van der Waals surface area contributed by atoms with Crippen molar-refractivity contribution in [2.45, 2.75) is 35.9 Å². The molecule has 1 heterocycles. The van der Waals surface area contributed by atoms with Crippen molar-refractivity contribution in [1.29, 1.82) is 0 Å². The lowest BCUT2D eigenvalue weighted by Gasteiger charge is -2.18. The molecule has 0 saturated carbocycles. The van der Waals surface area contributed by atoms with Gasteiger partial charge >= 0.3 is 5.97 Å². The molecule has 5 rings (SSSR count). The summed E-state index contributed by atoms with van der Waals surface area (Å²) in [7, 11) is 0. The summed E-state index contributed by atoms with van der Waals surface area (Å²) in [5.74, 6) is 1.12. The smallest absolute Gasteiger partial charge is 0.341 e. The normalized spacial score (nSPS) is 12.3. The summed E-state index contributed by atoms with van der Waals surface area (Å²) in [6.45, 7) is -0.325. The first kappa shape index (κ1) is 23.6. The van der Waals surface area contributed by atoms with Gasteiger partial charge in [-0.05, 0) is 42.9 Å². The summed E-state index contributed by atoms with van der Waals surface area (Å²) < 4.78 is 6.64. The average molecular weight is 502 g/mol. The standard InChI is InChI=1S/C29H27NO3S2/c31-27(32)19-33-25-15-7-13-24-23(25)16-17-26-28(24)30-29(35-26)34-18-8-14-22(20-9-3-1-4-10-20)21-11-5-2-6-12-21/h1-7,9-13,15,22H,8,14,16-19H2,(H,31,32). The molecule has 1 aliphatic rings. The van der Waals surface area contributed by atoms with Gasteiger partial charge in [0.1, 0.15) is 5.75 Å². The van der Waals surface area contributed by atoms with Crippen LogP contribution in [0.4, 0.5) is 0 Å². The van der Waals surface area contributed by atoms with E-state index >= 15 is 0 Å². The average Bonchev–Trinajstić information content (AvgIpc) is 3.32. The van der Waals surface area contributed by atoms with E-state index in [4.69, 9.17) is 14.8 Å². The van der Waals surface area contributed by atoms with Crippen LogP contribution >= 0.6 is 23.1 Å². The number of carboxylic acids is 1. The predicted molar refractivity (Wildman–Crippen MR) is 143 cm³/mol. The van der Waals surface area contributed by atoms with Crippen LogP contribution in [0.3, 0.4) is 0 Å². The fraction of sp³-hybridized carbons (Fsp3) is 0.241. The number of carbonyl (C=O) groups is 1. The number of fused-ring (bicyclic) bond motifs is 3. The molecule has 35 heavy (non-hydrogen) atoms. The molecule has 6 heteroatoms. The maximum Gasteiger partial charge on any atom is 0.341 e. The molecule has 3 aromatic carbocycles. The Morgan fingerprint density at radius 2 is 1.69 bits per heavy atom. The van der Waals surface area contributed by atoms with Gasteiger partial charge in [-0.1, -0.05) is 84.6 Å². The first-order chi connectivity index (χ1) is 17.2. The van der Waals surface area contributed by atoms with Crippen molar-refractivity contribution in [2.24, 2.45) is 0 Å². The van der Waals surface area contributed by atoms with Crippen molar-refractivity contribution >= 4 is 29.1 Å². The number of carboxylic acid groups (broad SMARTS) is 1. The zero-order chi connectivity index (χ0) is 24.0. The fourth-order valence-electron chi connectivity index (χ4n) is 4.67. The Kier molecular flexibility index (Phi) is 7.50. The van der Waals surface area contributed by atoms with E-state index in [9.17, 15) is 4.79 Å². The molecule has 4 aromatic rings.